The van der Waals surface area contributed by atoms with Gasteiger partial charge in [-0.05, 0) is 71.7 Å². The molecule has 3 aromatic rings. The van der Waals surface area contributed by atoms with Gasteiger partial charge in [0, 0.05) is 30.3 Å². The average Bonchev–Trinajstić information content (AvgIpc) is 3.44. The number of carbonyl (C=O) groups excluding carboxylic acids is 2. The van der Waals surface area contributed by atoms with Crippen LogP contribution < -0.4 is 14.4 Å². The molecule has 12 nitrogen and oxygen atoms in total. The van der Waals surface area contributed by atoms with Crippen molar-refractivity contribution in [2.45, 2.75) is 84.3 Å². The number of aromatic nitrogens is 3. The minimum atomic E-state index is -0.572. The number of pyridine rings is 1. The Bertz CT molecular complexity index is 1710. The first-order chi connectivity index (χ1) is 22.9. The zero-order chi connectivity index (χ0) is 33.8. The number of halogens is 1. The first-order valence-electron chi connectivity index (χ1n) is 16.4. The highest BCUT2D eigenvalue weighted by molar-refractivity contribution is 5.97. The first-order valence-corrected chi connectivity index (χ1v) is 16.4. The van der Waals surface area contributed by atoms with Crippen LogP contribution in [0.5, 0.6) is 17.2 Å². The van der Waals surface area contributed by atoms with Crippen molar-refractivity contribution in [3.05, 3.63) is 65.6 Å². The summed E-state index contributed by atoms with van der Waals surface area (Å²) in [4.78, 5) is 45.0. The summed E-state index contributed by atoms with van der Waals surface area (Å²) in [7, 11) is 0. The molecule has 2 amide bonds. The predicted octanol–water partition coefficient (Wildman–Crippen LogP) is 5.35. The van der Waals surface area contributed by atoms with Crippen molar-refractivity contribution in [1.82, 2.24) is 24.8 Å². The third kappa shape index (κ3) is 6.23. The van der Waals surface area contributed by atoms with Gasteiger partial charge in [-0.25, -0.2) is 19.2 Å². The summed E-state index contributed by atoms with van der Waals surface area (Å²) >= 11 is 0. The molecule has 2 aromatic heterocycles. The van der Waals surface area contributed by atoms with Gasteiger partial charge in [0.15, 0.2) is 11.6 Å². The summed E-state index contributed by atoms with van der Waals surface area (Å²) in [5, 5.41) is 0. The van der Waals surface area contributed by atoms with Crippen molar-refractivity contribution in [3.8, 4) is 17.2 Å². The second-order valence-electron chi connectivity index (χ2n) is 14.5. The largest absolute Gasteiger partial charge is 0.490 e. The number of hydrogen-bond acceptors (Lipinski definition) is 10. The van der Waals surface area contributed by atoms with E-state index in [9.17, 15) is 14.0 Å². The molecule has 0 N–H and O–H groups in total. The molecule has 1 saturated carbocycles. The van der Waals surface area contributed by atoms with Gasteiger partial charge in [0.2, 0.25) is 0 Å². The lowest BCUT2D eigenvalue weighted by Crippen LogP contribution is -2.65. The van der Waals surface area contributed by atoms with Crippen LogP contribution in [0.15, 0.2) is 43.0 Å². The van der Waals surface area contributed by atoms with E-state index in [0.29, 0.717) is 37.9 Å². The van der Waals surface area contributed by atoms with Gasteiger partial charge in [0.05, 0.1) is 55.8 Å². The van der Waals surface area contributed by atoms with Crippen molar-refractivity contribution < 1.29 is 32.9 Å². The molecule has 5 heterocycles. The smallest absolute Gasteiger partial charge is 0.410 e. The maximum Gasteiger partial charge on any atom is 0.410 e. The second kappa shape index (κ2) is 12.2. The van der Waals surface area contributed by atoms with Gasteiger partial charge in [-0.3, -0.25) is 14.7 Å². The topological polar surface area (TPSA) is 119 Å². The van der Waals surface area contributed by atoms with E-state index in [0.717, 1.165) is 42.9 Å². The van der Waals surface area contributed by atoms with Crippen molar-refractivity contribution in [2.75, 3.05) is 31.2 Å². The van der Waals surface area contributed by atoms with Crippen LogP contribution in [-0.4, -0.2) is 86.8 Å². The zero-order valence-electron chi connectivity index (χ0n) is 27.9. The van der Waals surface area contributed by atoms with Gasteiger partial charge in [0.1, 0.15) is 35.3 Å². The molecule has 2 atom stereocenters. The summed E-state index contributed by atoms with van der Waals surface area (Å²) in [6.07, 6.45) is 6.22. The Morgan fingerprint density at radius 2 is 1.75 bits per heavy atom. The van der Waals surface area contributed by atoms with Gasteiger partial charge >= 0.3 is 6.09 Å². The molecule has 4 aliphatic rings. The van der Waals surface area contributed by atoms with Gasteiger partial charge in [-0.2, -0.15) is 0 Å². The normalized spacial score (nSPS) is 21.8. The Balaban J connectivity index is 0.990. The van der Waals surface area contributed by atoms with Crippen LogP contribution >= 0.6 is 0 Å². The maximum atomic E-state index is 14.4. The molecule has 13 heteroatoms. The molecule has 1 aliphatic carbocycles. The number of fused-ring (bicyclic) bond motifs is 1. The second-order valence-corrected chi connectivity index (χ2v) is 14.5. The molecule has 0 unspecified atom stereocenters. The van der Waals surface area contributed by atoms with E-state index in [1.165, 1.54) is 24.5 Å². The summed E-state index contributed by atoms with van der Waals surface area (Å²) in [5.41, 5.74) is 1.42. The first kappa shape index (κ1) is 32.0. The van der Waals surface area contributed by atoms with E-state index < -0.39 is 11.4 Å². The van der Waals surface area contributed by atoms with E-state index in [1.54, 1.807) is 22.2 Å². The molecule has 0 radical (unpaired) electrons. The fraction of sp³-hybridized carbons (Fsp3) is 0.514. The third-order valence-electron chi connectivity index (χ3n) is 9.36. The Hall–Kier alpha value is -4.52. The highest BCUT2D eigenvalue weighted by atomic mass is 19.1. The fourth-order valence-corrected chi connectivity index (χ4v) is 7.20. The summed E-state index contributed by atoms with van der Waals surface area (Å²) in [5.74, 6) is 1.18. The highest BCUT2D eigenvalue weighted by Crippen LogP contribution is 2.52. The van der Waals surface area contributed by atoms with Crippen molar-refractivity contribution in [2.24, 2.45) is 5.41 Å². The van der Waals surface area contributed by atoms with E-state index in [1.807, 2.05) is 40.7 Å². The Kier molecular flexibility index (Phi) is 8.13. The lowest BCUT2D eigenvalue weighted by Gasteiger charge is -2.58. The van der Waals surface area contributed by atoms with Crippen molar-refractivity contribution >= 4 is 17.8 Å². The van der Waals surface area contributed by atoms with Crippen LogP contribution in [0.2, 0.25) is 0 Å². The molecule has 2 saturated heterocycles. The molecule has 0 bridgehead atoms. The number of rotatable bonds is 6. The fourth-order valence-electron chi connectivity index (χ4n) is 7.20. The van der Waals surface area contributed by atoms with E-state index in [-0.39, 0.29) is 46.9 Å². The summed E-state index contributed by atoms with van der Waals surface area (Å²) in [6, 6.07) is 5.52. The molecule has 3 aliphatic heterocycles. The monoisotopic (exact) mass is 660 g/mol. The van der Waals surface area contributed by atoms with E-state index in [4.69, 9.17) is 18.9 Å². The molecule has 1 spiro atoms. The number of carbonyl (C=O) groups is 2. The lowest BCUT2D eigenvalue weighted by atomic mass is 9.61. The van der Waals surface area contributed by atoms with Gasteiger partial charge in [0.25, 0.3) is 5.91 Å². The SMILES string of the molecule is C[C@@H]1COC[C@H](C)N1C(=O)c1cc(F)ccc1Oc1cncnc1N1CC2(CC(Oc3ccnc4c3CN(C(=O)OC(C)(C)C)C4)C2)C1. The third-order valence-corrected chi connectivity index (χ3v) is 9.36. The Morgan fingerprint density at radius 3 is 2.48 bits per heavy atom. The molecule has 48 heavy (non-hydrogen) atoms. The van der Waals surface area contributed by atoms with Crippen molar-refractivity contribution in [1.29, 1.82) is 0 Å². The van der Waals surface area contributed by atoms with Crippen molar-refractivity contribution in [3.63, 3.8) is 0 Å². The van der Waals surface area contributed by atoms with Crippen LogP contribution in [0.25, 0.3) is 0 Å². The molecule has 3 fully saturated rings. The minimum Gasteiger partial charge on any atom is -0.490 e. The summed E-state index contributed by atoms with van der Waals surface area (Å²) in [6.45, 7) is 12.5. The standard InChI is InChI=1S/C35H41FN6O6/c1-21-16-45-17-22(2)42(21)32(43)25-10-23(36)6-7-28(25)47-30-13-37-20-39-31(30)41-18-35(19-41)11-24(12-35)46-29-8-9-38-27-15-40(14-26(27)29)33(44)48-34(3,4)5/h6-10,13,20-22,24H,11-12,14-19H2,1-5H3/t21-,22+. The van der Waals surface area contributed by atoms with Gasteiger partial charge in [-0.15, -0.1) is 0 Å². The molecule has 1 aromatic carbocycles. The minimum absolute atomic E-state index is 0.0492. The number of anilines is 1. The van der Waals surface area contributed by atoms with Crippen LogP contribution in [0, 0.1) is 11.2 Å². The number of nitrogens with zero attached hydrogens (tertiary/aromatic N) is 6. The van der Waals surface area contributed by atoms with Crippen LogP contribution in [0.4, 0.5) is 15.0 Å². The molecule has 7 rings (SSSR count). The number of ether oxygens (including phenoxy) is 4. The van der Waals surface area contributed by atoms with Gasteiger partial charge in [-0.1, -0.05) is 0 Å². The predicted molar refractivity (Wildman–Crippen MR) is 172 cm³/mol. The molecular weight excluding hydrogens is 619 g/mol. The molecule has 254 valence electrons. The quantitative estimate of drug-likeness (QED) is 0.342. The molecular formula is C35H41FN6O6. The Labute approximate surface area is 279 Å². The van der Waals surface area contributed by atoms with Crippen LogP contribution in [0.3, 0.4) is 0 Å². The van der Waals surface area contributed by atoms with Crippen LogP contribution in [-0.2, 0) is 22.6 Å². The van der Waals surface area contributed by atoms with E-state index in [2.05, 4.69) is 19.9 Å². The number of amides is 2. The number of morpholine rings is 1. The number of hydrogen-bond donors (Lipinski definition) is 0. The number of benzene rings is 1. The summed E-state index contributed by atoms with van der Waals surface area (Å²) < 4.78 is 38.3. The maximum absolute atomic E-state index is 14.4. The average molecular weight is 661 g/mol. The Morgan fingerprint density at radius 1 is 1.00 bits per heavy atom. The lowest BCUT2D eigenvalue weighted by molar-refractivity contribution is -0.0349. The van der Waals surface area contributed by atoms with Gasteiger partial charge < -0.3 is 28.7 Å². The zero-order valence-corrected chi connectivity index (χ0v) is 27.9. The highest BCUT2D eigenvalue weighted by Gasteiger charge is 2.54. The van der Waals surface area contributed by atoms with E-state index >= 15 is 0 Å². The van der Waals surface area contributed by atoms with Crippen LogP contribution in [0.1, 0.15) is 69.1 Å².